The Morgan fingerprint density at radius 3 is 2.86 bits per heavy atom. The third kappa shape index (κ3) is 2.84. The van der Waals surface area contributed by atoms with E-state index in [9.17, 15) is 4.79 Å². The number of amides is 1. The number of hydrogen-bond acceptors (Lipinski definition) is 4. The number of carbonyl (C=O) groups excluding carboxylic acids is 1. The topological polar surface area (TPSA) is 59.2 Å². The van der Waals surface area contributed by atoms with E-state index in [-0.39, 0.29) is 11.9 Å². The predicted molar refractivity (Wildman–Crippen MR) is 85.2 cm³/mol. The molecular weight excluding hydrogens is 282 g/mol. The summed E-state index contributed by atoms with van der Waals surface area (Å²) in [6.45, 7) is 3.49. The minimum atomic E-state index is 0.0816. The van der Waals surface area contributed by atoms with Crippen molar-refractivity contribution in [1.82, 2.24) is 9.88 Å². The molecule has 2 aromatic rings. The summed E-state index contributed by atoms with van der Waals surface area (Å²) in [6.07, 6.45) is 2.68. The van der Waals surface area contributed by atoms with E-state index in [2.05, 4.69) is 11.9 Å². The van der Waals surface area contributed by atoms with Gasteiger partial charge in [0.2, 0.25) is 0 Å². The number of nitrogens with zero attached hydrogens (tertiary/aromatic N) is 2. The third-order valence-corrected chi connectivity index (χ3v) is 5.03. The van der Waals surface area contributed by atoms with Crippen molar-refractivity contribution >= 4 is 17.2 Å². The molecule has 5 heteroatoms. The Balaban J connectivity index is 1.79. The standard InChI is InChI=1S/C16H19N3OS/c1-11-7-12(8-17)10-19(11)16(20)14-9-18-15(21-14)13-5-3-2-4-6-13/h2-6,9,11-12H,7-8,10,17H2,1H3. The second-order valence-electron chi connectivity index (χ2n) is 5.54. The molecule has 1 aromatic heterocycles. The van der Waals surface area contributed by atoms with Gasteiger partial charge in [-0.2, -0.15) is 0 Å². The van der Waals surface area contributed by atoms with E-state index in [1.807, 2.05) is 35.2 Å². The molecule has 1 aromatic carbocycles. The molecule has 0 spiro atoms. The zero-order valence-corrected chi connectivity index (χ0v) is 12.8. The Hall–Kier alpha value is -1.72. The van der Waals surface area contributed by atoms with E-state index in [4.69, 9.17) is 5.73 Å². The molecule has 1 aliphatic heterocycles. The van der Waals surface area contributed by atoms with Crippen molar-refractivity contribution in [3.8, 4) is 10.6 Å². The zero-order chi connectivity index (χ0) is 14.8. The van der Waals surface area contributed by atoms with Gasteiger partial charge in [0, 0.05) is 18.2 Å². The molecule has 1 saturated heterocycles. The molecule has 0 aliphatic carbocycles. The van der Waals surface area contributed by atoms with Gasteiger partial charge in [0.05, 0.1) is 6.20 Å². The van der Waals surface area contributed by atoms with Crippen molar-refractivity contribution in [2.45, 2.75) is 19.4 Å². The minimum absolute atomic E-state index is 0.0816. The highest BCUT2D eigenvalue weighted by Crippen LogP contribution is 2.29. The molecule has 2 heterocycles. The van der Waals surface area contributed by atoms with Gasteiger partial charge in [-0.3, -0.25) is 4.79 Å². The van der Waals surface area contributed by atoms with Crippen LogP contribution in [0.15, 0.2) is 36.5 Å². The van der Waals surface area contributed by atoms with Crippen LogP contribution in [0.2, 0.25) is 0 Å². The molecule has 1 fully saturated rings. The van der Waals surface area contributed by atoms with E-state index in [1.165, 1.54) is 11.3 Å². The molecular formula is C16H19N3OS. The maximum Gasteiger partial charge on any atom is 0.265 e. The molecule has 2 atom stereocenters. The van der Waals surface area contributed by atoms with Gasteiger partial charge in [0.15, 0.2) is 0 Å². The second kappa shape index (κ2) is 5.95. The maximum atomic E-state index is 12.6. The lowest BCUT2D eigenvalue weighted by atomic mass is 10.1. The molecule has 21 heavy (non-hydrogen) atoms. The number of aromatic nitrogens is 1. The Morgan fingerprint density at radius 1 is 1.43 bits per heavy atom. The van der Waals surface area contributed by atoms with Gasteiger partial charge in [0.25, 0.3) is 5.91 Å². The zero-order valence-electron chi connectivity index (χ0n) is 12.0. The van der Waals surface area contributed by atoms with Crippen molar-refractivity contribution in [1.29, 1.82) is 0 Å². The number of benzene rings is 1. The number of hydrogen-bond donors (Lipinski definition) is 1. The molecule has 110 valence electrons. The second-order valence-corrected chi connectivity index (χ2v) is 6.57. The van der Waals surface area contributed by atoms with Crippen LogP contribution in [0.25, 0.3) is 10.6 Å². The summed E-state index contributed by atoms with van der Waals surface area (Å²) in [6, 6.07) is 10.2. The number of carbonyl (C=O) groups is 1. The van der Waals surface area contributed by atoms with Gasteiger partial charge in [-0.1, -0.05) is 30.3 Å². The first-order chi connectivity index (χ1) is 10.2. The SMILES string of the molecule is CC1CC(CN)CN1C(=O)c1cnc(-c2ccccc2)s1. The smallest absolute Gasteiger partial charge is 0.265 e. The first-order valence-electron chi connectivity index (χ1n) is 7.21. The van der Waals surface area contributed by atoms with Gasteiger partial charge in [-0.05, 0) is 25.8 Å². The third-order valence-electron chi connectivity index (χ3n) is 3.99. The lowest BCUT2D eigenvalue weighted by Crippen LogP contribution is -2.33. The maximum absolute atomic E-state index is 12.6. The van der Waals surface area contributed by atoms with E-state index >= 15 is 0 Å². The summed E-state index contributed by atoms with van der Waals surface area (Å²) in [5, 5.41) is 0.890. The fourth-order valence-corrected chi connectivity index (χ4v) is 3.70. The first kappa shape index (κ1) is 14.2. The molecule has 2 N–H and O–H groups in total. The lowest BCUT2D eigenvalue weighted by molar-refractivity contribution is 0.0748. The van der Waals surface area contributed by atoms with E-state index in [0.717, 1.165) is 23.5 Å². The molecule has 0 bridgehead atoms. The van der Waals surface area contributed by atoms with E-state index in [0.29, 0.717) is 17.3 Å². The molecule has 2 unspecified atom stereocenters. The summed E-state index contributed by atoms with van der Waals surface area (Å²) in [4.78, 5) is 19.6. The van der Waals surface area contributed by atoms with Gasteiger partial charge >= 0.3 is 0 Å². The van der Waals surface area contributed by atoms with Crippen molar-refractivity contribution in [2.24, 2.45) is 11.7 Å². The van der Waals surface area contributed by atoms with Crippen LogP contribution >= 0.6 is 11.3 Å². The number of thiazole rings is 1. The first-order valence-corrected chi connectivity index (χ1v) is 8.03. The molecule has 0 saturated carbocycles. The van der Waals surface area contributed by atoms with Crippen LogP contribution in [-0.2, 0) is 0 Å². The summed E-state index contributed by atoms with van der Waals surface area (Å²) < 4.78 is 0. The fraction of sp³-hybridized carbons (Fsp3) is 0.375. The van der Waals surface area contributed by atoms with Crippen LogP contribution in [0.5, 0.6) is 0 Å². The van der Waals surface area contributed by atoms with Crippen LogP contribution in [0.1, 0.15) is 23.0 Å². The Labute approximate surface area is 128 Å². The summed E-state index contributed by atoms with van der Waals surface area (Å²) in [7, 11) is 0. The Kier molecular flexibility index (Phi) is 4.03. The predicted octanol–water partition coefficient (Wildman–Crippen LogP) is 2.62. The van der Waals surface area contributed by atoms with Crippen molar-refractivity contribution in [3.63, 3.8) is 0 Å². The van der Waals surface area contributed by atoms with Crippen LogP contribution in [-0.4, -0.2) is 34.9 Å². The minimum Gasteiger partial charge on any atom is -0.335 e. The van der Waals surface area contributed by atoms with E-state index < -0.39 is 0 Å². The number of nitrogens with two attached hydrogens (primary N) is 1. The average molecular weight is 301 g/mol. The van der Waals surface area contributed by atoms with Crippen LogP contribution in [0.4, 0.5) is 0 Å². The normalized spacial score (nSPS) is 21.7. The van der Waals surface area contributed by atoms with Crippen molar-refractivity contribution < 1.29 is 4.79 Å². The molecule has 0 radical (unpaired) electrons. The lowest BCUT2D eigenvalue weighted by Gasteiger charge is -2.20. The fourth-order valence-electron chi connectivity index (χ4n) is 2.82. The summed E-state index contributed by atoms with van der Waals surface area (Å²) in [5.41, 5.74) is 6.78. The van der Waals surface area contributed by atoms with Crippen LogP contribution in [0, 0.1) is 5.92 Å². The van der Waals surface area contributed by atoms with Crippen LogP contribution < -0.4 is 5.73 Å². The average Bonchev–Trinajstić information content (AvgIpc) is 3.14. The highest BCUT2D eigenvalue weighted by atomic mass is 32.1. The summed E-state index contributed by atoms with van der Waals surface area (Å²) >= 11 is 1.46. The van der Waals surface area contributed by atoms with Gasteiger partial charge in [0.1, 0.15) is 9.88 Å². The molecule has 4 nitrogen and oxygen atoms in total. The quantitative estimate of drug-likeness (QED) is 0.948. The van der Waals surface area contributed by atoms with E-state index in [1.54, 1.807) is 6.20 Å². The van der Waals surface area contributed by atoms with Crippen molar-refractivity contribution in [3.05, 3.63) is 41.4 Å². The monoisotopic (exact) mass is 301 g/mol. The van der Waals surface area contributed by atoms with Crippen molar-refractivity contribution in [2.75, 3.05) is 13.1 Å². The molecule has 3 rings (SSSR count). The highest BCUT2D eigenvalue weighted by molar-refractivity contribution is 7.16. The van der Waals surface area contributed by atoms with Crippen LogP contribution in [0.3, 0.4) is 0 Å². The Bertz CT molecular complexity index is 625. The number of rotatable bonds is 3. The summed E-state index contributed by atoms with van der Waals surface area (Å²) in [5.74, 6) is 0.503. The highest BCUT2D eigenvalue weighted by Gasteiger charge is 2.32. The van der Waals surface area contributed by atoms with Gasteiger partial charge in [-0.15, -0.1) is 11.3 Å². The van der Waals surface area contributed by atoms with Gasteiger partial charge < -0.3 is 10.6 Å². The molecule has 1 amide bonds. The Morgan fingerprint density at radius 2 is 2.19 bits per heavy atom. The number of likely N-dealkylation sites (tertiary alicyclic amines) is 1. The largest absolute Gasteiger partial charge is 0.335 e. The molecule has 1 aliphatic rings. The van der Waals surface area contributed by atoms with Gasteiger partial charge in [-0.25, -0.2) is 4.98 Å².